The summed E-state index contributed by atoms with van der Waals surface area (Å²) in [6, 6.07) is 2.83. The third-order valence-corrected chi connectivity index (χ3v) is 5.46. The number of anilines is 1. The number of sulfonamides is 1. The van der Waals surface area contributed by atoms with Crippen LogP contribution in [-0.2, 0) is 10.0 Å². The van der Waals surface area contributed by atoms with Crippen molar-refractivity contribution in [1.82, 2.24) is 4.31 Å². The van der Waals surface area contributed by atoms with E-state index >= 15 is 0 Å². The summed E-state index contributed by atoms with van der Waals surface area (Å²) in [7, 11) is -3.84. The Balaban J connectivity index is 2.41. The highest BCUT2D eigenvalue weighted by molar-refractivity contribution is 7.89. The Morgan fingerprint density at radius 1 is 1.30 bits per heavy atom. The van der Waals surface area contributed by atoms with E-state index in [4.69, 9.17) is 5.73 Å². The van der Waals surface area contributed by atoms with E-state index in [1.165, 1.54) is 10.4 Å². The molecule has 0 saturated carbocycles. The normalized spacial score (nSPS) is 21.6. The van der Waals surface area contributed by atoms with Crippen LogP contribution < -0.4 is 5.73 Å². The second kappa shape index (κ2) is 6.07. The predicted octanol–water partition coefficient (Wildman–Crippen LogP) is 1.33. The van der Waals surface area contributed by atoms with E-state index in [-0.39, 0.29) is 17.2 Å². The van der Waals surface area contributed by atoms with Gasteiger partial charge < -0.3 is 10.8 Å². The summed E-state index contributed by atoms with van der Waals surface area (Å²) in [5, 5.41) is 9.40. The lowest BCUT2D eigenvalue weighted by Gasteiger charge is -2.27. The average molecular weight is 302 g/mol. The van der Waals surface area contributed by atoms with Crippen molar-refractivity contribution in [2.45, 2.75) is 36.6 Å². The van der Waals surface area contributed by atoms with Crippen molar-refractivity contribution in [2.75, 3.05) is 18.9 Å². The summed E-state index contributed by atoms with van der Waals surface area (Å²) in [6.45, 7) is 0.105. The van der Waals surface area contributed by atoms with Gasteiger partial charge in [-0.05, 0) is 31.0 Å². The van der Waals surface area contributed by atoms with Crippen molar-refractivity contribution in [1.29, 1.82) is 0 Å². The standard InChI is InChI=1S/C13H19FN2O3S/c14-10-6-11(15)8-13(7-10)20(18,19)16-5-3-1-2-4-12(16)9-17/h6-8,12,17H,1-5,9,15H2. The molecule has 1 unspecified atom stereocenters. The smallest absolute Gasteiger partial charge is 0.243 e. The fraction of sp³-hybridized carbons (Fsp3) is 0.538. The van der Waals surface area contributed by atoms with Gasteiger partial charge in [-0.2, -0.15) is 4.31 Å². The molecule has 3 N–H and O–H groups in total. The summed E-state index contributed by atoms with van der Waals surface area (Å²) in [5.74, 6) is -0.682. The Hall–Kier alpha value is -1.18. The molecule has 1 saturated heterocycles. The van der Waals surface area contributed by atoms with E-state index in [1.807, 2.05) is 0 Å². The number of rotatable bonds is 3. The molecule has 1 aromatic rings. The van der Waals surface area contributed by atoms with Gasteiger partial charge >= 0.3 is 0 Å². The molecule has 0 amide bonds. The van der Waals surface area contributed by atoms with E-state index in [9.17, 15) is 17.9 Å². The van der Waals surface area contributed by atoms with Gasteiger partial charge in [-0.15, -0.1) is 0 Å². The molecule has 1 heterocycles. The summed E-state index contributed by atoms with van der Waals surface area (Å²) in [6.07, 6.45) is 3.15. The topological polar surface area (TPSA) is 83.6 Å². The number of halogens is 1. The van der Waals surface area contributed by atoms with Gasteiger partial charge in [0.05, 0.1) is 11.5 Å². The maximum Gasteiger partial charge on any atom is 0.243 e. The zero-order valence-electron chi connectivity index (χ0n) is 11.1. The highest BCUT2D eigenvalue weighted by Crippen LogP contribution is 2.26. The molecule has 0 aliphatic carbocycles. The molecule has 0 aromatic heterocycles. The van der Waals surface area contributed by atoms with Gasteiger partial charge in [0, 0.05) is 18.3 Å². The van der Waals surface area contributed by atoms with Crippen LogP contribution in [0.2, 0.25) is 0 Å². The Morgan fingerprint density at radius 3 is 2.70 bits per heavy atom. The molecule has 20 heavy (non-hydrogen) atoms. The lowest BCUT2D eigenvalue weighted by atomic mass is 10.1. The van der Waals surface area contributed by atoms with E-state index in [0.717, 1.165) is 31.4 Å². The summed E-state index contributed by atoms with van der Waals surface area (Å²) in [4.78, 5) is -0.157. The van der Waals surface area contributed by atoms with Crippen LogP contribution in [0.5, 0.6) is 0 Å². The van der Waals surface area contributed by atoms with Crippen LogP contribution in [0.1, 0.15) is 25.7 Å². The number of hydrogen-bond acceptors (Lipinski definition) is 4. The molecule has 0 radical (unpaired) electrons. The van der Waals surface area contributed by atoms with Gasteiger partial charge in [0.15, 0.2) is 0 Å². The third kappa shape index (κ3) is 3.11. The molecule has 0 spiro atoms. The maximum absolute atomic E-state index is 13.4. The molecule has 112 valence electrons. The van der Waals surface area contributed by atoms with Gasteiger partial charge in [0.25, 0.3) is 0 Å². The van der Waals surface area contributed by atoms with Crippen LogP contribution >= 0.6 is 0 Å². The molecule has 1 aliphatic heterocycles. The van der Waals surface area contributed by atoms with E-state index in [2.05, 4.69) is 0 Å². The monoisotopic (exact) mass is 302 g/mol. The Labute approximate surface area is 118 Å². The van der Waals surface area contributed by atoms with Gasteiger partial charge in [-0.25, -0.2) is 12.8 Å². The molecular weight excluding hydrogens is 283 g/mol. The molecule has 7 heteroatoms. The average Bonchev–Trinajstić information content (AvgIpc) is 2.62. The first-order chi connectivity index (χ1) is 9.45. The van der Waals surface area contributed by atoms with E-state index in [1.54, 1.807) is 0 Å². The first kappa shape index (κ1) is 15.2. The van der Waals surface area contributed by atoms with Crippen molar-refractivity contribution in [2.24, 2.45) is 0 Å². The van der Waals surface area contributed by atoms with E-state index < -0.39 is 21.9 Å². The molecule has 2 rings (SSSR count). The minimum absolute atomic E-state index is 0.0685. The van der Waals surface area contributed by atoms with Crippen molar-refractivity contribution < 1.29 is 17.9 Å². The number of benzene rings is 1. The third-order valence-electron chi connectivity index (χ3n) is 3.53. The number of nitrogen functional groups attached to an aromatic ring is 1. The van der Waals surface area contributed by atoms with Crippen molar-refractivity contribution in [3.05, 3.63) is 24.0 Å². The number of aliphatic hydroxyl groups excluding tert-OH is 1. The van der Waals surface area contributed by atoms with Crippen molar-refractivity contribution in [3.8, 4) is 0 Å². The van der Waals surface area contributed by atoms with Crippen molar-refractivity contribution in [3.63, 3.8) is 0 Å². The minimum atomic E-state index is -3.84. The Kier molecular flexibility index (Phi) is 4.62. The number of nitrogens with zero attached hydrogens (tertiary/aromatic N) is 1. The quantitative estimate of drug-likeness (QED) is 0.825. The SMILES string of the molecule is Nc1cc(F)cc(S(=O)(=O)N2CCCCCC2CO)c1. The van der Waals surface area contributed by atoms with Crippen LogP contribution in [0, 0.1) is 5.82 Å². The zero-order valence-corrected chi connectivity index (χ0v) is 11.9. The first-order valence-corrected chi connectivity index (χ1v) is 8.08. The number of nitrogens with two attached hydrogens (primary N) is 1. The maximum atomic E-state index is 13.4. The van der Waals surface area contributed by atoms with Crippen LogP contribution in [0.3, 0.4) is 0 Å². The van der Waals surface area contributed by atoms with E-state index in [0.29, 0.717) is 13.0 Å². The molecular formula is C13H19FN2O3S. The predicted molar refractivity (Wildman–Crippen MR) is 74.0 cm³/mol. The molecule has 1 aliphatic rings. The fourth-order valence-corrected chi connectivity index (χ4v) is 4.27. The minimum Gasteiger partial charge on any atom is -0.399 e. The summed E-state index contributed by atoms with van der Waals surface area (Å²) in [5.41, 5.74) is 5.58. The van der Waals surface area contributed by atoms with Gasteiger partial charge in [0.2, 0.25) is 10.0 Å². The van der Waals surface area contributed by atoms with Crippen molar-refractivity contribution >= 4 is 15.7 Å². The van der Waals surface area contributed by atoms with Gasteiger partial charge in [0.1, 0.15) is 5.82 Å². The van der Waals surface area contributed by atoms with Crippen LogP contribution in [0.15, 0.2) is 23.1 Å². The first-order valence-electron chi connectivity index (χ1n) is 6.64. The van der Waals surface area contributed by atoms with Crippen LogP contribution in [-0.4, -0.2) is 37.0 Å². The van der Waals surface area contributed by atoms with Gasteiger partial charge in [-0.1, -0.05) is 12.8 Å². The molecule has 1 atom stereocenters. The fourth-order valence-electron chi connectivity index (χ4n) is 2.52. The highest BCUT2D eigenvalue weighted by Gasteiger charge is 2.32. The zero-order chi connectivity index (χ0) is 14.8. The summed E-state index contributed by atoms with van der Waals surface area (Å²) >= 11 is 0. The Morgan fingerprint density at radius 2 is 2.05 bits per heavy atom. The molecule has 1 aromatic carbocycles. The molecule has 0 bridgehead atoms. The number of hydrogen-bond donors (Lipinski definition) is 2. The second-order valence-corrected chi connectivity index (χ2v) is 6.91. The lowest BCUT2D eigenvalue weighted by molar-refractivity contribution is 0.186. The van der Waals surface area contributed by atoms with Crippen LogP contribution in [0.25, 0.3) is 0 Å². The largest absolute Gasteiger partial charge is 0.399 e. The van der Waals surface area contributed by atoms with Gasteiger partial charge in [-0.3, -0.25) is 0 Å². The molecule has 1 fully saturated rings. The highest BCUT2D eigenvalue weighted by atomic mass is 32.2. The number of aliphatic hydroxyl groups is 1. The van der Waals surface area contributed by atoms with Crippen LogP contribution in [0.4, 0.5) is 10.1 Å². The molecule has 5 nitrogen and oxygen atoms in total. The lowest BCUT2D eigenvalue weighted by Crippen LogP contribution is -2.42. The second-order valence-electron chi connectivity index (χ2n) is 5.02. The Bertz CT molecular complexity index is 557. The summed E-state index contributed by atoms with van der Waals surface area (Å²) < 4.78 is 39.9.